The molecule has 1 amide bonds. The van der Waals surface area contributed by atoms with Crippen molar-refractivity contribution in [3.8, 4) is 0 Å². The minimum atomic E-state index is -0.205. The zero-order valence-electron chi connectivity index (χ0n) is 15.9. The van der Waals surface area contributed by atoms with Gasteiger partial charge in [-0.25, -0.2) is 4.39 Å². The van der Waals surface area contributed by atoms with Crippen LogP contribution < -0.4 is 16.0 Å². The minimum Gasteiger partial charge on any atom is -0.356 e. The summed E-state index contributed by atoms with van der Waals surface area (Å²) in [5.41, 5.74) is 2.07. The molecule has 0 radical (unpaired) electrons. The third kappa shape index (κ3) is 7.02. The number of carbonyl (C=O) groups excluding carboxylic acids is 1. The Morgan fingerprint density at radius 1 is 1.19 bits per heavy atom. The normalized spacial score (nSPS) is 15.6. The SMILES string of the molecule is CN=C(NCCC(=O)NC1CCCCC1)NCCc1ccc(F)cc1C. The maximum Gasteiger partial charge on any atom is 0.221 e. The van der Waals surface area contributed by atoms with Crippen LogP contribution in [0.3, 0.4) is 0 Å². The Morgan fingerprint density at radius 3 is 2.62 bits per heavy atom. The molecule has 0 bridgehead atoms. The molecule has 26 heavy (non-hydrogen) atoms. The van der Waals surface area contributed by atoms with E-state index in [0.717, 1.165) is 30.4 Å². The van der Waals surface area contributed by atoms with Crippen molar-refractivity contribution in [1.82, 2.24) is 16.0 Å². The van der Waals surface area contributed by atoms with Crippen molar-refractivity contribution < 1.29 is 9.18 Å². The Kier molecular flexibility index (Phi) is 8.38. The Balaban J connectivity index is 1.63. The molecule has 1 aliphatic rings. The molecular formula is C20H31FN4O. The van der Waals surface area contributed by atoms with Crippen LogP contribution in [0.1, 0.15) is 49.7 Å². The lowest BCUT2D eigenvalue weighted by molar-refractivity contribution is -0.121. The number of amides is 1. The lowest BCUT2D eigenvalue weighted by atomic mass is 9.95. The van der Waals surface area contributed by atoms with Gasteiger partial charge in [0.1, 0.15) is 5.82 Å². The first-order valence-electron chi connectivity index (χ1n) is 9.57. The van der Waals surface area contributed by atoms with Crippen LogP contribution in [-0.2, 0) is 11.2 Å². The average molecular weight is 362 g/mol. The van der Waals surface area contributed by atoms with E-state index >= 15 is 0 Å². The van der Waals surface area contributed by atoms with Crippen LogP contribution in [0.5, 0.6) is 0 Å². The van der Waals surface area contributed by atoms with E-state index < -0.39 is 0 Å². The fourth-order valence-electron chi connectivity index (χ4n) is 3.32. The molecule has 0 aromatic heterocycles. The second-order valence-corrected chi connectivity index (χ2v) is 6.90. The molecule has 0 aliphatic heterocycles. The lowest BCUT2D eigenvalue weighted by Crippen LogP contribution is -2.41. The first-order valence-corrected chi connectivity index (χ1v) is 9.57. The topological polar surface area (TPSA) is 65.5 Å². The maximum atomic E-state index is 13.1. The predicted molar refractivity (Wildman–Crippen MR) is 104 cm³/mol. The van der Waals surface area contributed by atoms with Gasteiger partial charge < -0.3 is 16.0 Å². The molecule has 6 heteroatoms. The number of benzene rings is 1. The van der Waals surface area contributed by atoms with Crippen LogP contribution in [0.4, 0.5) is 4.39 Å². The minimum absolute atomic E-state index is 0.0989. The first kappa shape index (κ1) is 20.2. The molecule has 2 rings (SSSR count). The molecule has 3 N–H and O–H groups in total. The molecule has 1 saturated carbocycles. The summed E-state index contributed by atoms with van der Waals surface area (Å²) >= 11 is 0. The van der Waals surface area contributed by atoms with Crippen molar-refractivity contribution in [1.29, 1.82) is 0 Å². The van der Waals surface area contributed by atoms with E-state index in [0.29, 0.717) is 31.5 Å². The van der Waals surface area contributed by atoms with Gasteiger partial charge in [-0.1, -0.05) is 25.3 Å². The molecule has 0 unspecified atom stereocenters. The summed E-state index contributed by atoms with van der Waals surface area (Å²) < 4.78 is 13.1. The first-order chi connectivity index (χ1) is 12.6. The van der Waals surface area contributed by atoms with Gasteiger partial charge in [0.2, 0.25) is 5.91 Å². The lowest BCUT2D eigenvalue weighted by Gasteiger charge is -2.22. The number of nitrogens with one attached hydrogen (secondary N) is 3. The van der Waals surface area contributed by atoms with Crippen LogP contribution in [0.15, 0.2) is 23.2 Å². The Bertz CT molecular complexity index is 612. The number of hydrogen-bond donors (Lipinski definition) is 3. The van der Waals surface area contributed by atoms with Crippen molar-refractivity contribution in [3.63, 3.8) is 0 Å². The van der Waals surface area contributed by atoms with Crippen molar-refractivity contribution in [2.75, 3.05) is 20.1 Å². The Morgan fingerprint density at radius 2 is 1.92 bits per heavy atom. The highest BCUT2D eigenvalue weighted by Gasteiger charge is 2.15. The highest BCUT2D eigenvalue weighted by molar-refractivity contribution is 5.81. The summed E-state index contributed by atoms with van der Waals surface area (Å²) in [6.45, 7) is 3.16. The average Bonchev–Trinajstić information content (AvgIpc) is 2.63. The third-order valence-electron chi connectivity index (χ3n) is 4.83. The molecule has 0 atom stereocenters. The van der Waals surface area contributed by atoms with Crippen LogP contribution in [0.2, 0.25) is 0 Å². The number of rotatable bonds is 7. The molecule has 1 aromatic rings. The van der Waals surface area contributed by atoms with Crippen LogP contribution >= 0.6 is 0 Å². The number of halogens is 1. The Hall–Kier alpha value is -2.11. The van der Waals surface area contributed by atoms with Crippen molar-refractivity contribution in [2.24, 2.45) is 4.99 Å². The van der Waals surface area contributed by atoms with E-state index in [4.69, 9.17) is 0 Å². The quantitative estimate of drug-likeness (QED) is 0.516. The largest absolute Gasteiger partial charge is 0.356 e. The fraction of sp³-hybridized carbons (Fsp3) is 0.600. The van der Waals surface area contributed by atoms with Crippen molar-refractivity contribution >= 4 is 11.9 Å². The number of carbonyl (C=O) groups is 1. The highest BCUT2D eigenvalue weighted by atomic mass is 19.1. The van der Waals surface area contributed by atoms with Crippen molar-refractivity contribution in [2.45, 2.75) is 57.9 Å². The fourth-order valence-corrected chi connectivity index (χ4v) is 3.32. The van der Waals surface area contributed by atoms with Crippen LogP contribution in [0, 0.1) is 12.7 Å². The highest BCUT2D eigenvalue weighted by Crippen LogP contribution is 2.17. The summed E-state index contributed by atoms with van der Waals surface area (Å²) in [7, 11) is 1.71. The zero-order valence-corrected chi connectivity index (χ0v) is 15.9. The second-order valence-electron chi connectivity index (χ2n) is 6.90. The van der Waals surface area contributed by atoms with E-state index in [1.54, 1.807) is 13.1 Å². The monoisotopic (exact) mass is 362 g/mol. The predicted octanol–water partition coefficient (Wildman–Crippen LogP) is 2.68. The smallest absolute Gasteiger partial charge is 0.221 e. The molecule has 0 heterocycles. The summed E-state index contributed by atoms with van der Waals surface area (Å²) in [5, 5.41) is 9.51. The molecule has 0 saturated heterocycles. The van der Waals surface area contributed by atoms with Gasteiger partial charge in [-0.05, 0) is 49.4 Å². The van der Waals surface area contributed by atoms with E-state index in [1.807, 2.05) is 13.0 Å². The summed E-state index contributed by atoms with van der Waals surface area (Å²) in [4.78, 5) is 16.2. The number of aryl methyl sites for hydroxylation is 1. The van der Waals surface area contributed by atoms with Crippen molar-refractivity contribution in [3.05, 3.63) is 35.1 Å². The van der Waals surface area contributed by atoms with Gasteiger partial charge in [0.25, 0.3) is 0 Å². The molecule has 0 spiro atoms. The molecular weight excluding hydrogens is 331 g/mol. The zero-order chi connectivity index (χ0) is 18.8. The standard InChI is InChI=1S/C20H31FN4O/c1-15-14-17(21)9-8-16(15)10-12-23-20(22-2)24-13-11-19(26)25-18-6-4-3-5-7-18/h8-9,14,18H,3-7,10-13H2,1-2H3,(H,25,26)(H2,22,23,24). The van der Waals surface area contributed by atoms with Gasteiger partial charge >= 0.3 is 0 Å². The van der Waals surface area contributed by atoms with Gasteiger partial charge in [-0.2, -0.15) is 0 Å². The van der Waals surface area contributed by atoms with Gasteiger partial charge in [-0.3, -0.25) is 9.79 Å². The number of guanidine groups is 1. The van der Waals surface area contributed by atoms with Gasteiger partial charge in [-0.15, -0.1) is 0 Å². The summed E-state index contributed by atoms with van der Waals surface area (Å²) in [5.74, 6) is 0.570. The van der Waals surface area contributed by atoms with Crippen LogP contribution in [0.25, 0.3) is 0 Å². The van der Waals surface area contributed by atoms with Gasteiger partial charge in [0.15, 0.2) is 5.96 Å². The molecule has 1 fully saturated rings. The molecule has 5 nitrogen and oxygen atoms in total. The summed E-state index contributed by atoms with van der Waals surface area (Å²) in [6.07, 6.45) is 7.15. The van der Waals surface area contributed by atoms with E-state index in [-0.39, 0.29) is 11.7 Å². The maximum absolute atomic E-state index is 13.1. The van der Waals surface area contributed by atoms with E-state index in [1.165, 1.54) is 25.3 Å². The second kappa shape index (κ2) is 10.8. The number of aliphatic imine (C=N–C) groups is 1. The van der Waals surface area contributed by atoms with Gasteiger partial charge in [0.05, 0.1) is 0 Å². The molecule has 1 aromatic carbocycles. The molecule has 1 aliphatic carbocycles. The third-order valence-corrected chi connectivity index (χ3v) is 4.83. The van der Waals surface area contributed by atoms with E-state index in [9.17, 15) is 9.18 Å². The van der Waals surface area contributed by atoms with E-state index in [2.05, 4.69) is 20.9 Å². The van der Waals surface area contributed by atoms with Gasteiger partial charge in [0, 0.05) is 32.6 Å². The molecule has 144 valence electrons. The number of nitrogens with zero attached hydrogens (tertiary/aromatic N) is 1. The summed E-state index contributed by atoms with van der Waals surface area (Å²) in [6, 6.07) is 5.21. The number of hydrogen-bond acceptors (Lipinski definition) is 2. The Labute approximate surface area is 155 Å². The van der Waals surface area contributed by atoms with Crippen LogP contribution in [-0.4, -0.2) is 38.0 Å².